The van der Waals surface area contributed by atoms with E-state index >= 15 is 0 Å². The van der Waals surface area contributed by atoms with Gasteiger partial charge in [-0.15, -0.1) is 0 Å². The number of ether oxygens (including phenoxy) is 1. The number of rotatable bonds is 6. The van der Waals surface area contributed by atoms with Crippen molar-refractivity contribution in [2.45, 2.75) is 34.6 Å². The summed E-state index contributed by atoms with van der Waals surface area (Å²) in [7, 11) is 0. The molecule has 0 atom stereocenters. The summed E-state index contributed by atoms with van der Waals surface area (Å²) in [6.45, 7) is 10.4. The zero-order valence-electron chi connectivity index (χ0n) is 13.9. The number of hydrogen-bond donors (Lipinski definition) is 1. The molecule has 0 bridgehead atoms. The highest BCUT2D eigenvalue weighted by molar-refractivity contribution is 5.81. The fraction of sp³-hybridized carbons (Fsp3) is 0.316. The molecule has 22 heavy (non-hydrogen) atoms. The van der Waals surface area contributed by atoms with Gasteiger partial charge in [-0.2, -0.15) is 0 Å². The minimum atomic E-state index is -0.934. The van der Waals surface area contributed by atoms with Crippen molar-refractivity contribution in [2.75, 3.05) is 6.61 Å². The van der Waals surface area contributed by atoms with Crippen LogP contribution in [0.3, 0.4) is 0 Å². The van der Waals surface area contributed by atoms with Gasteiger partial charge >= 0.3 is 5.97 Å². The van der Waals surface area contributed by atoms with E-state index in [1.165, 1.54) is 17.2 Å². The lowest BCUT2D eigenvalue weighted by Gasteiger charge is -2.12. The Morgan fingerprint density at radius 1 is 1.23 bits per heavy atom. The van der Waals surface area contributed by atoms with E-state index in [0.717, 1.165) is 16.9 Å². The first-order valence-electron chi connectivity index (χ1n) is 7.25. The summed E-state index contributed by atoms with van der Waals surface area (Å²) >= 11 is 0. The third kappa shape index (κ3) is 6.00. The molecule has 0 saturated heterocycles. The third-order valence-corrected chi connectivity index (χ3v) is 3.31. The fourth-order valence-corrected chi connectivity index (χ4v) is 2.00. The molecule has 3 heteroatoms. The largest absolute Gasteiger partial charge is 0.489 e. The molecule has 1 aromatic rings. The van der Waals surface area contributed by atoms with Crippen LogP contribution >= 0.6 is 0 Å². The van der Waals surface area contributed by atoms with Crippen molar-refractivity contribution in [3.8, 4) is 5.75 Å². The van der Waals surface area contributed by atoms with Crippen molar-refractivity contribution >= 4 is 5.97 Å². The Kier molecular flexibility index (Phi) is 6.64. The second kappa shape index (κ2) is 8.23. The number of carboxylic acids is 1. The molecule has 1 rings (SSSR count). The Morgan fingerprint density at radius 3 is 2.55 bits per heavy atom. The monoisotopic (exact) mass is 300 g/mol. The van der Waals surface area contributed by atoms with Crippen LogP contribution in [0, 0.1) is 20.8 Å². The fourth-order valence-electron chi connectivity index (χ4n) is 2.00. The van der Waals surface area contributed by atoms with Crippen LogP contribution in [0.5, 0.6) is 5.75 Å². The second-order valence-electron chi connectivity index (χ2n) is 5.59. The minimum absolute atomic E-state index is 0.510. The van der Waals surface area contributed by atoms with Crippen molar-refractivity contribution in [1.29, 1.82) is 0 Å². The molecule has 0 aliphatic carbocycles. The Bertz CT molecular complexity index is 634. The van der Waals surface area contributed by atoms with Gasteiger partial charge in [0.2, 0.25) is 0 Å². The summed E-state index contributed by atoms with van der Waals surface area (Å²) in [5.74, 6) is -0.0207. The number of allylic oxidation sites excluding steroid dienone is 4. The van der Waals surface area contributed by atoms with Gasteiger partial charge in [-0.1, -0.05) is 24.3 Å². The lowest BCUT2D eigenvalue weighted by atomic mass is 10.1. The summed E-state index contributed by atoms with van der Waals surface area (Å²) < 4.78 is 5.87. The molecule has 0 spiro atoms. The van der Waals surface area contributed by atoms with Gasteiger partial charge < -0.3 is 9.84 Å². The summed E-state index contributed by atoms with van der Waals surface area (Å²) in [6.07, 6.45) is 6.70. The van der Waals surface area contributed by atoms with E-state index in [2.05, 4.69) is 26.8 Å². The van der Waals surface area contributed by atoms with E-state index in [1.54, 1.807) is 13.0 Å². The van der Waals surface area contributed by atoms with E-state index in [9.17, 15) is 4.79 Å². The van der Waals surface area contributed by atoms with Crippen LogP contribution in [0.2, 0.25) is 0 Å². The van der Waals surface area contributed by atoms with Crippen LogP contribution in [0.1, 0.15) is 30.5 Å². The lowest BCUT2D eigenvalue weighted by molar-refractivity contribution is -0.131. The van der Waals surface area contributed by atoms with E-state index in [4.69, 9.17) is 9.84 Å². The second-order valence-corrected chi connectivity index (χ2v) is 5.59. The number of aliphatic carboxylic acids is 1. The summed E-state index contributed by atoms with van der Waals surface area (Å²) in [5.41, 5.74) is 5.34. The highest BCUT2D eigenvalue weighted by atomic mass is 16.5. The van der Waals surface area contributed by atoms with Crippen molar-refractivity contribution in [2.24, 2.45) is 0 Å². The molecule has 0 aliphatic rings. The van der Waals surface area contributed by atoms with Gasteiger partial charge in [-0.25, -0.2) is 4.79 Å². The van der Waals surface area contributed by atoms with Gasteiger partial charge in [0.1, 0.15) is 12.4 Å². The molecule has 0 unspecified atom stereocenters. The number of benzene rings is 1. The predicted octanol–water partition coefficient (Wildman–Crippen LogP) is 4.52. The lowest BCUT2D eigenvalue weighted by Crippen LogP contribution is -2.01. The first kappa shape index (κ1) is 17.8. The topological polar surface area (TPSA) is 46.5 Å². The summed E-state index contributed by atoms with van der Waals surface area (Å²) in [4.78, 5) is 10.5. The van der Waals surface area contributed by atoms with Crippen molar-refractivity contribution in [3.05, 3.63) is 64.3 Å². The third-order valence-electron chi connectivity index (χ3n) is 3.31. The quantitative estimate of drug-likeness (QED) is 0.620. The van der Waals surface area contributed by atoms with Gasteiger partial charge in [-0.3, -0.25) is 0 Å². The molecule has 1 N–H and O–H groups in total. The van der Waals surface area contributed by atoms with Gasteiger partial charge in [-0.05, 0) is 68.5 Å². The molecule has 0 heterocycles. The van der Waals surface area contributed by atoms with E-state index in [1.807, 2.05) is 25.1 Å². The maximum absolute atomic E-state index is 10.5. The molecule has 3 nitrogen and oxygen atoms in total. The number of carboxylic acid groups (broad SMARTS) is 1. The van der Waals surface area contributed by atoms with E-state index < -0.39 is 5.97 Å². The maximum atomic E-state index is 10.5. The molecule has 118 valence electrons. The number of hydrogen-bond acceptors (Lipinski definition) is 2. The van der Waals surface area contributed by atoms with Gasteiger partial charge in [0.05, 0.1) is 0 Å². The van der Waals surface area contributed by atoms with Gasteiger partial charge in [0.15, 0.2) is 0 Å². The first-order chi connectivity index (χ1) is 10.3. The molecule has 0 saturated carbocycles. The standard InChI is InChI=1S/C19H24O3/c1-13(11-19(20)21)7-6-8-14(2)12-22-18-10-15(3)9-16(4)17(18)5/h6-11H,12H2,1-5H3,(H,20,21)/b7-6+,13-11+,14-8+. The van der Waals surface area contributed by atoms with Gasteiger partial charge in [0.25, 0.3) is 0 Å². The van der Waals surface area contributed by atoms with Gasteiger partial charge in [0, 0.05) is 6.08 Å². The molecule has 0 aromatic heterocycles. The van der Waals surface area contributed by atoms with Crippen LogP contribution in [0.4, 0.5) is 0 Å². The molecule has 0 radical (unpaired) electrons. The zero-order valence-corrected chi connectivity index (χ0v) is 13.9. The molecule has 1 aromatic carbocycles. The summed E-state index contributed by atoms with van der Waals surface area (Å²) in [6, 6.07) is 4.19. The molecule has 0 aliphatic heterocycles. The predicted molar refractivity (Wildman–Crippen MR) is 90.4 cm³/mol. The Hall–Kier alpha value is -2.29. The van der Waals surface area contributed by atoms with E-state index in [0.29, 0.717) is 12.2 Å². The van der Waals surface area contributed by atoms with Crippen molar-refractivity contribution < 1.29 is 14.6 Å². The smallest absolute Gasteiger partial charge is 0.328 e. The highest BCUT2D eigenvalue weighted by Gasteiger charge is 2.03. The Morgan fingerprint density at radius 2 is 1.91 bits per heavy atom. The molecular weight excluding hydrogens is 276 g/mol. The van der Waals surface area contributed by atoms with Crippen LogP contribution in [-0.4, -0.2) is 17.7 Å². The van der Waals surface area contributed by atoms with Crippen LogP contribution in [0.25, 0.3) is 0 Å². The number of carbonyl (C=O) groups is 1. The SMILES string of the molecule is CC(/C=C/C=C(\C)COc1cc(C)cc(C)c1C)=C\C(=O)O. The molecule has 0 amide bonds. The number of aryl methyl sites for hydroxylation is 2. The zero-order chi connectivity index (χ0) is 16.7. The Labute approximate surface area is 132 Å². The normalized spacial score (nSPS) is 12.8. The Balaban J connectivity index is 2.67. The van der Waals surface area contributed by atoms with Crippen LogP contribution in [-0.2, 0) is 4.79 Å². The molecular formula is C19H24O3. The minimum Gasteiger partial charge on any atom is -0.489 e. The first-order valence-corrected chi connectivity index (χ1v) is 7.25. The maximum Gasteiger partial charge on any atom is 0.328 e. The highest BCUT2D eigenvalue weighted by Crippen LogP contribution is 2.23. The van der Waals surface area contributed by atoms with Crippen molar-refractivity contribution in [1.82, 2.24) is 0 Å². The van der Waals surface area contributed by atoms with Crippen molar-refractivity contribution in [3.63, 3.8) is 0 Å². The average Bonchev–Trinajstić information content (AvgIpc) is 2.40. The van der Waals surface area contributed by atoms with Crippen LogP contribution in [0.15, 0.2) is 47.6 Å². The summed E-state index contributed by atoms with van der Waals surface area (Å²) in [5, 5.41) is 8.63. The molecule has 0 fully saturated rings. The van der Waals surface area contributed by atoms with Crippen LogP contribution < -0.4 is 4.74 Å². The van der Waals surface area contributed by atoms with E-state index in [-0.39, 0.29) is 0 Å². The average molecular weight is 300 g/mol.